The number of hydrogen-bond acceptors (Lipinski definition) is 3. The van der Waals surface area contributed by atoms with E-state index in [4.69, 9.17) is 5.73 Å². The lowest BCUT2D eigenvalue weighted by molar-refractivity contribution is 0.246. The SMILES string of the molecule is NC1CCN2CCN(Cc3ccccc3)CCC12. The van der Waals surface area contributed by atoms with Crippen molar-refractivity contribution in [3.63, 3.8) is 0 Å². The van der Waals surface area contributed by atoms with Crippen LogP contribution in [-0.2, 0) is 6.54 Å². The van der Waals surface area contributed by atoms with Gasteiger partial charge >= 0.3 is 0 Å². The van der Waals surface area contributed by atoms with Gasteiger partial charge in [0.2, 0.25) is 0 Å². The fourth-order valence-electron chi connectivity index (χ4n) is 3.31. The van der Waals surface area contributed by atoms with Gasteiger partial charge in [-0.3, -0.25) is 9.80 Å². The third-order valence-electron chi connectivity index (χ3n) is 4.41. The Balaban J connectivity index is 1.60. The van der Waals surface area contributed by atoms with Crippen molar-refractivity contribution in [1.82, 2.24) is 9.80 Å². The van der Waals surface area contributed by atoms with Crippen molar-refractivity contribution >= 4 is 0 Å². The second-order valence-electron chi connectivity index (χ2n) is 5.61. The molecule has 2 atom stereocenters. The summed E-state index contributed by atoms with van der Waals surface area (Å²) in [6, 6.07) is 11.8. The average Bonchev–Trinajstić information content (AvgIpc) is 2.63. The van der Waals surface area contributed by atoms with E-state index in [1.165, 1.54) is 44.6 Å². The van der Waals surface area contributed by atoms with E-state index >= 15 is 0 Å². The number of fused-ring (bicyclic) bond motifs is 1. The van der Waals surface area contributed by atoms with E-state index in [0.717, 1.165) is 6.54 Å². The van der Waals surface area contributed by atoms with Crippen LogP contribution < -0.4 is 5.73 Å². The molecular weight excluding hydrogens is 222 g/mol. The smallest absolute Gasteiger partial charge is 0.0260 e. The Morgan fingerprint density at radius 3 is 2.67 bits per heavy atom. The van der Waals surface area contributed by atoms with Crippen molar-refractivity contribution in [2.75, 3.05) is 26.2 Å². The summed E-state index contributed by atoms with van der Waals surface area (Å²) in [6.45, 7) is 5.83. The number of benzene rings is 1. The van der Waals surface area contributed by atoms with Gasteiger partial charge in [-0.05, 0) is 18.4 Å². The van der Waals surface area contributed by atoms with E-state index < -0.39 is 0 Å². The molecule has 0 spiro atoms. The van der Waals surface area contributed by atoms with Gasteiger partial charge in [0.1, 0.15) is 0 Å². The van der Waals surface area contributed by atoms with Gasteiger partial charge in [0, 0.05) is 44.8 Å². The summed E-state index contributed by atoms with van der Waals surface area (Å²) in [4.78, 5) is 5.16. The monoisotopic (exact) mass is 245 g/mol. The fraction of sp³-hybridized carbons (Fsp3) is 0.600. The Labute approximate surface area is 110 Å². The van der Waals surface area contributed by atoms with E-state index in [9.17, 15) is 0 Å². The van der Waals surface area contributed by atoms with E-state index in [-0.39, 0.29) is 0 Å². The topological polar surface area (TPSA) is 32.5 Å². The van der Waals surface area contributed by atoms with Crippen molar-refractivity contribution < 1.29 is 0 Å². The summed E-state index contributed by atoms with van der Waals surface area (Å²) >= 11 is 0. The van der Waals surface area contributed by atoms with Gasteiger partial charge in [0.15, 0.2) is 0 Å². The molecule has 2 aliphatic rings. The third-order valence-corrected chi connectivity index (χ3v) is 4.41. The van der Waals surface area contributed by atoms with Crippen LogP contribution in [0.2, 0.25) is 0 Å². The molecule has 0 aliphatic carbocycles. The Hall–Kier alpha value is -0.900. The second-order valence-corrected chi connectivity index (χ2v) is 5.61. The molecule has 2 unspecified atom stereocenters. The lowest BCUT2D eigenvalue weighted by atomic mass is 10.1. The van der Waals surface area contributed by atoms with E-state index in [0.29, 0.717) is 12.1 Å². The summed E-state index contributed by atoms with van der Waals surface area (Å²) in [5.74, 6) is 0. The number of nitrogens with two attached hydrogens (primary N) is 1. The highest BCUT2D eigenvalue weighted by atomic mass is 15.3. The molecule has 0 saturated carbocycles. The first-order valence-corrected chi connectivity index (χ1v) is 7.09. The number of rotatable bonds is 2. The van der Waals surface area contributed by atoms with Crippen LogP contribution in [-0.4, -0.2) is 48.1 Å². The standard InChI is InChI=1S/C15H23N3/c16-14-6-9-18-11-10-17(8-7-15(14)18)12-13-4-2-1-3-5-13/h1-5,14-15H,6-12,16H2. The first-order valence-electron chi connectivity index (χ1n) is 7.09. The van der Waals surface area contributed by atoms with Crippen molar-refractivity contribution in [3.05, 3.63) is 35.9 Å². The van der Waals surface area contributed by atoms with Crippen molar-refractivity contribution in [2.45, 2.75) is 31.5 Å². The molecule has 3 heteroatoms. The van der Waals surface area contributed by atoms with Crippen LogP contribution in [0.5, 0.6) is 0 Å². The van der Waals surface area contributed by atoms with Gasteiger partial charge in [0.25, 0.3) is 0 Å². The minimum atomic E-state index is 0.404. The van der Waals surface area contributed by atoms with Crippen LogP contribution in [0.1, 0.15) is 18.4 Å². The molecule has 98 valence electrons. The summed E-state index contributed by atoms with van der Waals surface area (Å²) in [6.07, 6.45) is 2.41. The molecule has 1 aromatic rings. The molecule has 2 fully saturated rings. The largest absolute Gasteiger partial charge is 0.326 e. The second kappa shape index (κ2) is 5.39. The van der Waals surface area contributed by atoms with Crippen LogP contribution in [0.15, 0.2) is 30.3 Å². The molecular formula is C15H23N3. The van der Waals surface area contributed by atoms with Gasteiger partial charge in [-0.15, -0.1) is 0 Å². The minimum Gasteiger partial charge on any atom is -0.326 e. The maximum absolute atomic E-state index is 6.20. The van der Waals surface area contributed by atoms with Gasteiger partial charge in [0.05, 0.1) is 0 Å². The summed E-state index contributed by atoms with van der Waals surface area (Å²) < 4.78 is 0. The molecule has 0 aromatic heterocycles. The van der Waals surface area contributed by atoms with E-state index in [1.54, 1.807) is 0 Å². The number of hydrogen-bond donors (Lipinski definition) is 1. The normalized spacial score (nSPS) is 30.1. The lowest BCUT2D eigenvalue weighted by Crippen LogP contribution is -2.39. The van der Waals surface area contributed by atoms with Gasteiger partial charge in [-0.1, -0.05) is 30.3 Å². The molecule has 2 heterocycles. The van der Waals surface area contributed by atoms with Gasteiger partial charge in [-0.25, -0.2) is 0 Å². The van der Waals surface area contributed by atoms with Crippen LogP contribution in [0, 0.1) is 0 Å². The molecule has 0 amide bonds. The fourth-order valence-corrected chi connectivity index (χ4v) is 3.31. The maximum atomic E-state index is 6.20. The Morgan fingerprint density at radius 2 is 1.83 bits per heavy atom. The Bertz CT molecular complexity index is 379. The Morgan fingerprint density at radius 1 is 1.00 bits per heavy atom. The molecule has 1 aromatic carbocycles. The molecule has 2 N–H and O–H groups in total. The zero-order valence-corrected chi connectivity index (χ0v) is 11.0. The first-order chi connectivity index (χ1) is 8.83. The third kappa shape index (κ3) is 2.58. The van der Waals surface area contributed by atoms with Crippen LogP contribution >= 0.6 is 0 Å². The van der Waals surface area contributed by atoms with Crippen LogP contribution in [0.3, 0.4) is 0 Å². The molecule has 2 aliphatic heterocycles. The van der Waals surface area contributed by atoms with Crippen LogP contribution in [0.25, 0.3) is 0 Å². The summed E-state index contributed by atoms with van der Waals surface area (Å²) in [5.41, 5.74) is 7.62. The van der Waals surface area contributed by atoms with Crippen molar-refractivity contribution in [3.8, 4) is 0 Å². The quantitative estimate of drug-likeness (QED) is 0.852. The van der Waals surface area contributed by atoms with Crippen molar-refractivity contribution in [2.24, 2.45) is 5.73 Å². The van der Waals surface area contributed by atoms with Gasteiger partial charge in [-0.2, -0.15) is 0 Å². The van der Waals surface area contributed by atoms with Crippen molar-refractivity contribution in [1.29, 1.82) is 0 Å². The minimum absolute atomic E-state index is 0.404. The van der Waals surface area contributed by atoms with Gasteiger partial charge < -0.3 is 5.73 Å². The highest BCUT2D eigenvalue weighted by molar-refractivity contribution is 5.14. The summed E-state index contributed by atoms with van der Waals surface area (Å²) in [5, 5.41) is 0. The highest BCUT2D eigenvalue weighted by Gasteiger charge is 2.33. The van der Waals surface area contributed by atoms with Crippen LogP contribution in [0.4, 0.5) is 0 Å². The first kappa shape index (κ1) is 12.2. The molecule has 3 nitrogen and oxygen atoms in total. The predicted molar refractivity (Wildman–Crippen MR) is 74.3 cm³/mol. The molecule has 3 rings (SSSR count). The Kier molecular flexibility index (Phi) is 3.64. The molecule has 0 radical (unpaired) electrons. The highest BCUT2D eigenvalue weighted by Crippen LogP contribution is 2.22. The zero-order valence-electron chi connectivity index (χ0n) is 11.0. The average molecular weight is 245 g/mol. The molecule has 0 bridgehead atoms. The van der Waals surface area contributed by atoms with E-state index in [1.807, 2.05) is 0 Å². The summed E-state index contributed by atoms with van der Waals surface area (Å²) in [7, 11) is 0. The zero-order chi connectivity index (χ0) is 12.4. The number of nitrogens with zero attached hydrogens (tertiary/aromatic N) is 2. The molecule has 18 heavy (non-hydrogen) atoms. The van der Waals surface area contributed by atoms with E-state index in [2.05, 4.69) is 40.1 Å². The predicted octanol–water partition coefficient (Wildman–Crippen LogP) is 1.29. The lowest BCUT2D eigenvalue weighted by Gasteiger charge is -2.22. The molecule has 2 saturated heterocycles. The maximum Gasteiger partial charge on any atom is 0.0260 e.